The maximum atomic E-state index is 13.2. The molecule has 2 N–H and O–H groups in total. The minimum absolute atomic E-state index is 0. The van der Waals surface area contributed by atoms with E-state index in [0.29, 0.717) is 6.07 Å². The van der Waals surface area contributed by atoms with E-state index in [1.165, 1.54) is 6.08 Å². The zero-order valence-corrected chi connectivity index (χ0v) is 8.91. The van der Waals surface area contributed by atoms with Crippen LogP contribution in [0.5, 0.6) is 0 Å². The number of nitrogens with two attached hydrogens (primary N) is 1. The third-order valence-electron chi connectivity index (χ3n) is 1.94. The average Bonchev–Trinajstić information content (AvgIpc) is 2.15. The van der Waals surface area contributed by atoms with Gasteiger partial charge in [-0.2, -0.15) is 13.2 Å². The zero-order valence-electron chi connectivity index (χ0n) is 8.09. The van der Waals surface area contributed by atoms with Gasteiger partial charge in [0.2, 0.25) is 0 Å². The summed E-state index contributed by atoms with van der Waals surface area (Å²) in [5.74, 6) is -0.975. The summed E-state index contributed by atoms with van der Waals surface area (Å²) in [5, 5.41) is 0. The van der Waals surface area contributed by atoms with Gasteiger partial charge in [0.1, 0.15) is 5.82 Å². The van der Waals surface area contributed by atoms with Crippen LogP contribution in [-0.2, 0) is 6.18 Å². The van der Waals surface area contributed by atoms with E-state index in [2.05, 4.69) is 6.58 Å². The molecule has 0 radical (unpaired) electrons. The van der Waals surface area contributed by atoms with Crippen LogP contribution in [0.4, 0.5) is 17.6 Å². The number of benzene rings is 1. The molecule has 0 aliphatic rings. The van der Waals surface area contributed by atoms with Crippen molar-refractivity contribution in [3.05, 3.63) is 47.8 Å². The molecule has 6 heteroatoms. The lowest BCUT2D eigenvalue weighted by Crippen LogP contribution is -2.11. The first-order valence-electron chi connectivity index (χ1n) is 4.11. The quantitative estimate of drug-likeness (QED) is 0.636. The number of hydrogen-bond donors (Lipinski definition) is 1. The summed E-state index contributed by atoms with van der Waals surface area (Å²) in [6.07, 6.45) is -3.29. The van der Waals surface area contributed by atoms with Gasteiger partial charge in [-0.25, -0.2) is 4.39 Å². The number of alkyl halides is 3. The molecule has 0 fully saturated rings. The van der Waals surface area contributed by atoms with Crippen molar-refractivity contribution >= 4 is 12.4 Å². The van der Waals surface area contributed by atoms with E-state index < -0.39 is 23.6 Å². The van der Waals surface area contributed by atoms with Crippen LogP contribution in [0.1, 0.15) is 17.2 Å². The lowest BCUT2D eigenvalue weighted by atomic mass is 10.0. The van der Waals surface area contributed by atoms with Crippen LogP contribution in [0.15, 0.2) is 30.9 Å². The minimum Gasteiger partial charge on any atom is -0.321 e. The first-order valence-corrected chi connectivity index (χ1v) is 4.11. The van der Waals surface area contributed by atoms with Gasteiger partial charge in [-0.3, -0.25) is 0 Å². The molecule has 1 atom stereocenters. The molecular formula is C10H10ClF4N. The van der Waals surface area contributed by atoms with Gasteiger partial charge in [0.05, 0.1) is 11.6 Å². The molecule has 0 bridgehead atoms. The van der Waals surface area contributed by atoms with Gasteiger partial charge in [-0.15, -0.1) is 19.0 Å². The van der Waals surface area contributed by atoms with E-state index >= 15 is 0 Å². The van der Waals surface area contributed by atoms with Gasteiger partial charge in [-0.05, 0) is 12.1 Å². The SMILES string of the molecule is C=C[C@H](N)c1ccc(C(F)(F)F)cc1F.Cl. The molecule has 0 aliphatic carbocycles. The average molecular weight is 256 g/mol. The Bertz CT molecular complexity index is 376. The summed E-state index contributed by atoms with van der Waals surface area (Å²) in [7, 11) is 0. The van der Waals surface area contributed by atoms with E-state index in [9.17, 15) is 17.6 Å². The highest BCUT2D eigenvalue weighted by Crippen LogP contribution is 2.31. The highest BCUT2D eigenvalue weighted by Gasteiger charge is 2.31. The second-order valence-corrected chi connectivity index (χ2v) is 3.00. The Kier molecular flexibility index (Phi) is 4.96. The van der Waals surface area contributed by atoms with Crippen LogP contribution >= 0.6 is 12.4 Å². The lowest BCUT2D eigenvalue weighted by Gasteiger charge is -2.11. The largest absolute Gasteiger partial charge is 0.416 e. The first-order chi connectivity index (χ1) is 6.86. The third-order valence-corrected chi connectivity index (χ3v) is 1.94. The maximum absolute atomic E-state index is 13.2. The van der Waals surface area contributed by atoms with E-state index in [0.717, 1.165) is 12.1 Å². The van der Waals surface area contributed by atoms with Crippen LogP contribution in [0.25, 0.3) is 0 Å². The fourth-order valence-corrected chi connectivity index (χ4v) is 1.10. The van der Waals surface area contributed by atoms with Crippen molar-refractivity contribution in [2.75, 3.05) is 0 Å². The summed E-state index contributed by atoms with van der Waals surface area (Å²) in [4.78, 5) is 0. The topological polar surface area (TPSA) is 26.0 Å². The van der Waals surface area contributed by atoms with Gasteiger partial charge in [0, 0.05) is 5.56 Å². The highest BCUT2D eigenvalue weighted by molar-refractivity contribution is 5.85. The molecule has 0 saturated heterocycles. The Morgan fingerprint density at radius 2 is 1.88 bits per heavy atom. The molecule has 1 aromatic carbocycles. The smallest absolute Gasteiger partial charge is 0.321 e. The predicted octanol–water partition coefficient (Wildman–Crippen LogP) is 3.45. The molecular weight excluding hydrogens is 246 g/mol. The molecule has 0 spiro atoms. The number of halogens is 5. The summed E-state index contributed by atoms with van der Waals surface area (Å²) in [6.45, 7) is 3.34. The molecule has 90 valence electrons. The van der Waals surface area contributed by atoms with Gasteiger partial charge < -0.3 is 5.73 Å². The van der Waals surface area contributed by atoms with Gasteiger partial charge in [0.25, 0.3) is 0 Å². The molecule has 1 nitrogen and oxygen atoms in total. The highest BCUT2D eigenvalue weighted by atomic mass is 35.5. The molecule has 16 heavy (non-hydrogen) atoms. The Labute approximate surface area is 96.4 Å². The number of hydrogen-bond acceptors (Lipinski definition) is 1. The Hall–Kier alpha value is -1.07. The monoisotopic (exact) mass is 255 g/mol. The van der Waals surface area contributed by atoms with Gasteiger partial charge >= 0.3 is 6.18 Å². The van der Waals surface area contributed by atoms with Gasteiger partial charge in [-0.1, -0.05) is 12.1 Å². The molecule has 0 heterocycles. The molecule has 0 aliphatic heterocycles. The summed E-state index contributed by atoms with van der Waals surface area (Å²) in [5.41, 5.74) is 4.39. The van der Waals surface area contributed by atoms with Crippen molar-refractivity contribution in [3.63, 3.8) is 0 Å². The van der Waals surface area contributed by atoms with Crippen molar-refractivity contribution < 1.29 is 17.6 Å². The molecule has 1 aromatic rings. The van der Waals surface area contributed by atoms with E-state index in [-0.39, 0.29) is 18.0 Å². The number of rotatable bonds is 2. The molecule has 0 aromatic heterocycles. The van der Waals surface area contributed by atoms with E-state index in [1.54, 1.807) is 0 Å². The molecule has 0 saturated carbocycles. The molecule has 0 amide bonds. The third kappa shape index (κ3) is 3.21. The fourth-order valence-electron chi connectivity index (χ4n) is 1.10. The van der Waals surface area contributed by atoms with Crippen molar-refractivity contribution in [2.24, 2.45) is 5.73 Å². The zero-order chi connectivity index (χ0) is 11.6. The minimum atomic E-state index is -4.54. The van der Waals surface area contributed by atoms with Gasteiger partial charge in [0.15, 0.2) is 0 Å². The Morgan fingerprint density at radius 1 is 1.31 bits per heavy atom. The standard InChI is InChI=1S/C10H9F4N.ClH/c1-2-9(15)7-4-3-6(5-8(7)11)10(12,13)14;/h2-5,9H,1,15H2;1H/t9-;/m0./s1. The molecule has 0 unspecified atom stereocenters. The van der Waals surface area contributed by atoms with E-state index in [4.69, 9.17) is 5.73 Å². The van der Waals surface area contributed by atoms with Crippen molar-refractivity contribution in [1.82, 2.24) is 0 Å². The Morgan fingerprint density at radius 3 is 2.25 bits per heavy atom. The predicted molar refractivity (Wildman–Crippen MR) is 55.8 cm³/mol. The van der Waals surface area contributed by atoms with Crippen LogP contribution in [0.2, 0.25) is 0 Å². The van der Waals surface area contributed by atoms with Crippen LogP contribution < -0.4 is 5.73 Å². The van der Waals surface area contributed by atoms with Crippen molar-refractivity contribution in [2.45, 2.75) is 12.2 Å². The van der Waals surface area contributed by atoms with Crippen LogP contribution in [0, 0.1) is 5.82 Å². The lowest BCUT2D eigenvalue weighted by molar-refractivity contribution is -0.137. The fraction of sp³-hybridized carbons (Fsp3) is 0.200. The maximum Gasteiger partial charge on any atom is 0.416 e. The Balaban J connectivity index is 0.00000225. The second kappa shape index (κ2) is 5.32. The van der Waals surface area contributed by atoms with Crippen LogP contribution in [-0.4, -0.2) is 0 Å². The summed E-state index contributed by atoms with van der Waals surface area (Å²) in [6, 6.07) is 1.44. The van der Waals surface area contributed by atoms with Crippen molar-refractivity contribution in [3.8, 4) is 0 Å². The van der Waals surface area contributed by atoms with Crippen LogP contribution in [0.3, 0.4) is 0 Å². The first kappa shape index (κ1) is 14.9. The normalized spacial score (nSPS) is 12.8. The summed E-state index contributed by atoms with van der Waals surface area (Å²) < 4.78 is 49.7. The van der Waals surface area contributed by atoms with Crippen molar-refractivity contribution in [1.29, 1.82) is 0 Å². The van der Waals surface area contributed by atoms with E-state index in [1.807, 2.05) is 0 Å². The molecule has 1 rings (SSSR count). The summed E-state index contributed by atoms with van der Waals surface area (Å²) >= 11 is 0. The second-order valence-electron chi connectivity index (χ2n) is 3.00.